The second-order valence-corrected chi connectivity index (χ2v) is 6.59. The number of likely N-dealkylation sites (tertiary alicyclic amines) is 1. The van der Waals surface area contributed by atoms with E-state index in [0.717, 1.165) is 42.1 Å². The van der Waals surface area contributed by atoms with Gasteiger partial charge in [0, 0.05) is 29.5 Å². The van der Waals surface area contributed by atoms with E-state index in [-0.39, 0.29) is 0 Å². The fourth-order valence-electron chi connectivity index (χ4n) is 3.65. The lowest BCUT2D eigenvalue weighted by molar-refractivity contribution is 0.119. The predicted molar refractivity (Wildman–Crippen MR) is 94.6 cm³/mol. The number of hydrogen-bond donors (Lipinski definition) is 0. The van der Waals surface area contributed by atoms with Gasteiger partial charge in [0.15, 0.2) is 0 Å². The minimum absolute atomic E-state index is 0.508. The van der Waals surface area contributed by atoms with Gasteiger partial charge >= 0.3 is 0 Å². The summed E-state index contributed by atoms with van der Waals surface area (Å²) in [6, 6.07) is 10.8. The molecule has 0 aliphatic carbocycles. The Hall–Kier alpha value is -2.27. The molecule has 3 heterocycles. The van der Waals surface area contributed by atoms with Gasteiger partial charge in [-0.3, -0.25) is 9.58 Å². The highest BCUT2D eigenvalue weighted by molar-refractivity contribution is 5.80. The topological polar surface area (TPSA) is 46.8 Å². The molecule has 2 aromatic heterocycles. The lowest BCUT2D eigenvalue weighted by Gasteiger charge is -2.35. The average molecular weight is 321 g/mol. The summed E-state index contributed by atoms with van der Waals surface area (Å²) in [5, 5.41) is 5.51. The third-order valence-corrected chi connectivity index (χ3v) is 4.89. The van der Waals surface area contributed by atoms with Crippen LogP contribution >= 0.6 is 0 Å². The van der Waals surface area contributed by atoms with Crippen LogP contribution in [0, 0.1) is 6.92 Å². The Morgan fingerprint density at radius 1 is 1.12 bits per heavy atom. The molecule has 1 aliphatic heterocycles. The van der Waals surface area contributed by atoms with E-state index in [9.17, 15) is 0 Å². The first-order valence-electron chi connectivity index (χ1n) is 8.73. The van der Waals surface area contributed by atoms with Crippen molar-refractivity contribution in [3.05, 3.63) is 54.2 Å². The molecule has 24 heavy (non-hydrogen) atoms. The van der Waals surface area contributed by atoms with Crippen molar-refractivity contribution >= 4 is 10.9 Å². The number of aryl methyl sites for hydroxylation is 1. The highest BCUT2D eigenvalue weighted by atomic mass is 15.3. The van der Waals surface area contributed by atoms with Crippen molar-refractivity contribution in [3.8, 4) is 0 Å². The lowest BCUT2D eigenvalue weighted by atomic mass is 10.0. The van der Waals surface area contributed by atoms with Crippen LogP contribution < -0.4 is 0 Å². The van der Waals surface area contributed by atoms with Crippen LogP contribution in [0.25, 0.3) is 10.9 Å². The monoisotopic (exact) mass is 321 g/mol. The quantitative estimate of drug-likeness (QED) is 0.740. The first kappa shape index (κ1) is 15.3. The Kier molecular flexibility index (Phi) is 4.26. The molecule has 0 radical (unpaired) electrons. The Bertz CT molecular complexity index is 812. The van der Waals surface area contributed by atoms with Crippen LogP contribution in [0.15, 0.2) is 42.7 Å². The van der Waals surface area contributed by atoms with E-state index in [4.69, 9.17) is 9.97 Å². The Morgan fingerprint density at radius 3 is 2.92 bits per heavy atom. The average Bonchev–Trinajstić information content (AvgIpc) is 3.10. The Morgan fingerprint density at radius 2 is 2.04 bits per heavy atom. The fraction of sp³-hybridized carbons (Fsp3) is 0.421. The third kappa shape index (κ3) is 3.17. The molecule has 1 saturated heterocycles. The molecule has 4 rings (SSSR count). The van der Waals surface area contributed by atoms with Crippen molar-refractivity contribution in [1.29, 1.82) is 0 Å². The fourth-order valence-corrected chi connectivity index (χ4v) is 3.65. The number of fused-ring (bicyclic) bond motifs is 1. The summed E-state index contributed by atoms with van der Waals surface area (Å²) in [7, 11) is 0. The van der Waals surface area contributed by atoms with Gasteiger partial charge in [0.25, 0.3) is 0 Å². The minimum Gasteiger partial charge on any atom is -0.291 e. The van der Waals surface area contributed by atoms with Gasteiger partial charge in [0.2, 0.25) is 0 Å². The van der Waals surface area contributed by atoms with Crippen LogP contribution in [0.3, 0.4) is 0 Å². The second-order valence-electron chi connectivity index (χ2n) is 6.59. The van der Waals surface area contributed by atoms with Crippen molar-refractivity contribution in [2.45, 2.75) is 45.3 Å². The molecule has 1 aromatic carbocycles. The van der Waals surface area contributed by atoms with Gasteiger partial charge in [0.05, 0.1) is 18.6 Å². The zero-order valence-electron chi connectivity index (χ0n) is 14.1. The number of aromatic nitrogens is 4. The molecule has 3 aromatic rings. The van der Waals surface area contributed by atoms with Crippen molar-refractivity contribution in [2.75, 3.05) is 6.54 Å². The van der Waals surface area contributed by atoms with Crippen molar-refractivity contribution in [1.82, 2.24) is 24.6 Å². The van der Waals surface area contributed by atoms with E-state index >= 15 is 0 Å². The summed E-state index contributed by atoms with van der Waals surface area (Å²) < 4.78 is 2.04. The van der Waals surface area contributed by atoms with E-state index in [1.165, 1.54) is 19.3 Å². The molecule has 0 spiro atoms. The van der Waals surface area contributed by atoms with E-state index in [1.54, 1.807) is 0 Å². The molecule has 0 saturated carbocycles. The molecule has 5 nitrogen and oxygen atoms in total. The molecule has 0 amide bonds. The number of piperidine rings is 1. The summed E-state index contributed by atoms with van der Waals surface area (Å²) in [6.45, 7) is 4.95. The summed E-state index contributed by atoms with van der Waals surface area (Å²) in [5.74, 6) is 0.929. The smallest absolute Gasteiger partial charge is 0.143 e. The van der Waals surface area contributed by atoms with Crippen LogP contribution in [0.5, 0.6) is 0 Å². The molecule has 0 unspecified atom stereocenters. The highest BCUT2D eigenvalue weighted by Crippen LogP contribution is 2.21. The van der Waals surface area contributed by atoms with Gasteiger partial charge in [-0.15, -0.1) is 0 Å². The van der Waals surface area contributed by atoms with Gasteiger partial charge in [-0.1, -0.05) is 24.6 Å². The second kappa shape index (κ2) is 6.69. The number of benzene rings is 1. The normalized spacial score (nSPS) is 19.0. The summed E-state index contributed by atoms with van der Waals surface area (Å²) >= 11 is 0. The largest absolute Gasteiger partial charge is 0.291 e. The number of nitrogens with zero attached hydrogens (tertiary/aromatic N) is 5. The minimum atomic E-state index is 0.508. The molecule has 1 atom stereocenters. The molecule has 1 aliphatic rings. The zero-order chi connectivity index (χ0) is 16.4. The number of rotatable bonds is 4. The number of para-hydroxylation sites is 1. The summed E-state index contributed by atoms with van der Waals surface area (Å²) in [5.41, 5.74) is 2.11. The predicted octanol–water partition coefficient (Wildman–Crippen LogP) is 3.19. The standard InChI is InChI=1S/C19H23N5/c1-15-17-8-2-3-9-18(17)22-19(21-15)14-23-11-5-4-7-16(23)13-24-12-6-10-20-24/h2-3,6,8-10,12,16H,4-5,7,11,13-14H2,1H3/t16-/m0/s1. The molecular weight excluding hydrogens is 298 g/mol. The summed E-state index contributed by atoms with van der Waals surface area (Å²) in [4.78, 5) is 12.1. The van der Waals surface area contributed by atoms with Gasteiger partial charge in [-0.25, -0.2) is 9.97 Å². The SMILES string of the molecule is Cc1nc(CN2CCCC[C@H]2Cn2cccn2)nc2ccccc12. The molecule has 0 N–H and O–H groups in total. The first-order chi connectivity index (χ1) is 11.8. The number of hydrogen-bond acceptors (Lipinski definition) is 4. The van der Waals surface area contributed by atoms with E-state index in [2.05, 4.69) is 29.1 Å². The lowest BCUT2D eigenvalue weighted by Crippen LogP contribution is -2.42. The highest BCUT2D eigenvalue weighted by Gasteiger charge is 2.24. The molecular formula is C19H23N5. The maximum atomic E-state index is 4.79. The van der Waals surface area contributed by atoms with Gasteiger partial charge in [-0.2, -0.15) is 5.10 Å². The van der Waals surface area contributed by atoms with E-state index < -0.39 is 0 Å². The maximum absolute atomic E-state index is 4.79. The van der Waals surface area contributed by atoms with Gasteiger partial charge in [0.1, 0.15) is 5.82 Å². The van der Waals surface area contributed by atoms with Crippen molar-refractivity contribution < 1.29 is 0 Å². The van der Waals surface area contributed by atoms with Crippen LogP contribution in [-0.4, -0.2) is 37.2 Å². The van der Waals surface area contributed by atoms with Crippen molar-refractivity contribution in [2.24, 2.45) is 0 Å². The van der Waals surface area contributed by atoms with Gasteiger partial charge < -0.3 is 0 Å². The third-order valence-electron chi connectivity index (χ3n) is 4.89. The molecule has 1 fully saturated rings. The maximum Gasteiger partial charge on any atom is 0.143 e. The van der Waals surface area contributed by atoms with Crippen LogP contribution in [-0.2, 0) is 13.1 Å². The van der Waals surface area contributed by atoms with Crippen LogP contribution in [0.4, 0.5) is 0 Å². The van der Waals surface area contributed by atoms with Crippen LogP contribution in [0.1, 0.15) is 30.8 Å². The summed E-state index contributed by atoms with van der Waals surface area (Å²) in [6.07, 6.45) is 7.65. The van der Waals surface area contributed by atoms with Crippen molar-refractivity contribution in [3.63, 3.8) is 0 Å². The first-order valence-corrected chi connectivity index (χ1v) is 8.73. The molecule has 5 heteroatoms. The van der Waals surface area contributed by atoms with Crippen LogP contribution in [0.2, 0.25) is 0 Å². The molecule has 0 bridgehead atoms. The van der Waals surface area contributed by atoms with Gasteiger partial charge in [-0.05, 0) is 38.4 Å². The van der Waals surface area contributed by atoms with E-state index in [0.29, 0.717) is 6.04 Å². The van der Waals surface area contributed by atoms with E-state index in [1.807, 2.05) is 35.3 Å². The Balaban J connectivity index is 1.56. The Labute approximate surface area is 142 Å². The zero-order valence-corrected chi connectivity index (χ0v) is 14.1. The molecule has 124 valence electrons.